The second-order valence-electron chi connectivity index (χ2n) is 2.68. The fraction of sp³-hybridized carbons (Fsp3) is 0. The number of carbonyl (C=O) groups excluding carboxylic acids is 1. The minimum absolute atomic E-state index is 0.126. The van der Waals surface area contributed by atoms with Crippen molar-refractivity contribution in [2.24, 2.45) is 0 Å². The first-order chi connectivity index (χ1) is 6.77. The summed E-state index contributed by atoms with van der Waals surface area (Å²) >= 11 is 5.46. The van der Waals surface area contributed by atoms with E-state index in [1.165, 1.54) is 0 Å². The Morgan fingerprint density at radius 1 is 1.29 bits per heavy atom. The van der Waals surface area contributed by atoms with Crippen LogP contribution in [0, 0.1) is 0 Å². The zero-order valence-corrected chi connectivity index (χ0v) is 9.57. The first kappa shape index (κ1) is 9.66. The molecule has 0 amide bonds. The standard InChI is InChI=1S/C10H6ClNOSe/c11-9(13)8-6-14-10(12-8)7-4-2-1-3-5-7/h1-6H. The normalized spacial score (nSPS) is 10.1. The van der Waals surface area contributed by atoms with E-state index < -0.39 is 5.24 Å². The van der Waals surface area contributed by atoms with E-state index in [9.17, 15) is 4.79 Å². The van der Waals surface area contributed by atoms with Gasteiger partial charge in [-0.15, -0.1) is 0 Å². The van der Waals surface area contributed by atoms with Crippen molar-refractivity contribution in [2.45, 2.75) is 0 Å². The molecule has 70 valence electrons. The molecule has 0 N–H and O–H groups in total. The molecule has 0 saturated heterocycles. The summed E-state index contributed by atoms with van der Waals surface area (Å²) in [6, 6.07) is 9.82. The molecule has 0 fully saturated rings. The van der Waals surface area contributed by atoms with Crippen LogP contribution in [0.4, 0.5) is 0 Å². The quantitative estimate of drug-likeness (QED) is 0.618. The van der Waals surface area contributed by atoms with E-state index in [4.69, 9.17) is 11.6 Å². The number of nitrogens with zero attached hydrogens (tertiary/aromatic N) is 1. The molecule has 14 heavy (non-hydrogen) atoms. The molecule has 4 heteroatoms. The van der Waals surface area contributed by atoms with Crippen molar-refractivity contribution in [3.05, 3.63) is 41.0 Å². The monoisotopic (exact) mass is 271 g/mol. The van der Waals surface area contributed by atoms with Crippen LogP contribution in [0.5, 0.6) is 0 Å². The predicted octanol–water partition coefficient (Wildman–Crippen LogP) is 2.18. The zero-order valence-electron chi connectivity index (χ0n) is 7.11. The Morgan fingerprint density at radius 2 is 2.00 bits per heavy atom. The van der Waals surface area contributed by atoms with Crippen LogP contribution < -0.4 is 0 Å². The molecule has 2 nitrogen and oxygen atoms in total. The molecule has 0 bridgehead atoms. The molecule has 0 aliphatic heterocycles. The summed E-state index contributed by atoms with van der Waals surface area (Å²) in [6.45, 7) is 0. The van der Waals surface area contributed by atoms with Gasteiger partial charge in [-0.05, 0) is 0 Å². The fourth-order valence-electron chi connectivity index (χ4n) is 1.08. The third-order valence-electron chi connectivity index (χ3n) is 1.73. The van der Waals surface area contributed by atoms with Crippen LogP contribution in [0.15, 0.2) is 35.3 Å². The average Bonchev–Trinajstić information content (AvgIpc) is 2.68. The van der Waals surface area contributed by atoms with E-state index in [0.717, 1.165) is 10.1 Å². The molecule has 0 radical (unpaired) electrons. The third-order valence-corrected chi connectivity index (χ3v) is 3.79. The summed E-state index contributed by atoms with van der Waals surface area (Å²) in [5.74, 6) is 0. The third kappa shape index (κ3) is 1.95. The van der Waals surface area contributed by atoms with Crippen LogP contribution in [-0.2, 0) is 0 Å². The fourth-order valence-corrected chi connectivity index (χ4v) is 3.01. The number of benzene rings is 1. The van der Waals surface area contributed by atoms with E-state index >= 15 is 0 Å². The topological polar surface area (TPSA) is 30.0 Å². The SMILES string of the molecule is O=C(Cl)c1c[se]c(-c2ccccc2)n1. The van der Waals surface area contributed by atoms with Crippen LogP contribution in [0.3, 0.4) is 0 Å². The first-order valence-corrected chi connectivity index (χ1v) is 6.20. The van der Waals surface area contributed by atoms with E-state index in [2.05, 4.69) is 4.98 Å². The Bertz CT molecular complexity index is 452. The van der Waals surface area contributed by atoms with Gasteiger partial charge in [-0.25, -0.2) is 0 Å². The molecule has 2 rings (SSSR count). The van der Waals surface area contributed by atoms with Crippen LogP contribution in [0.25, 0.3) is 10.1 Å². The first-order valence-electron chi connectivity index (χ1n) is 3.98. The molecule has 0 unspecified atom stereocenters. The van der Waals surface area contributed by atoms with Gasteiger partial charge in [0.05, 0.1) is 0 Å². The summed E-state index contributed by atoms with van der Waals surface area (Å²) in [5, 5.41) is -0.474. The molecule has 0 atom stereocenters. The summed E-state index contributed by atoms with van der Waals surface area (Å²) in [4.78, 5) is 16.8. The van der Waals surface area contributed by atoms with Crippen LogP contribution >= 0.6 is 11.6 Å². The maximum absolute atomic E-state index is 10.8. The number of hydrogen-bond acceptors (Lipinski definition) is 2. The van der Waals surface area contributed by atoms with Gasteiger partial charge in [-0.3, -0.25) is 0 Å². The van der Waals surface area contributed by atoms with Crippen LogP contribution in [0.2, 0.25) is 0 Å². The molecule has 0 spiro atoms. The molecule has 0 aliphatic rings. The molecule has 2 aromatic rings. The van der Waals surface area contributed by atoms with Gasteiger partial charge < -0.3 is 0 Å². The van der Waals surface area contributed by atoms with Crippen LogP contribution in [0.1, 0.15) is 10.5 Å². The van der Waals surface area contributed by atoms with Gasteiger partial charge in [0.1, 0.15) is 0 Å². The van der Waals surface area contributed by atoms with Gasteiger partial charge in [0.2, 0.25) is 0 Å². The Morgan fingerprint density at radius 3 is 2.57 bits per heavy atom. The van der Waals surface area contributed by atoms with Crippen molar-refractivity contribution in [1.82, 2.24) is 4.98 Å². The van der Waals surface area contributed by atoms with E-state index in [1.54, 1.807) is 0 Å². The van der Waals surface area contributed by atoms with Crippen LogP contribution in [-0.4, -0.2) is 24.7 Å². The van der Waals surface area contributed by atoms with Crippen molar-refractivity contribution in [2.75, 3.05) is 0 Å². The second kappa shape index (κ2) is 4.09. The number of rotatable bonds is 2. The van der Waals surface area contributed by atoms with Crippen molar-refractivity contribution in [3.63, 3.8) is 0 Å². The molecular weight excluding hydrogens is 265 g/mol. The second-order valence-corrected chi connectivity index (χ2v) is 4.82. The van der Waals surface area contributed by atoms with Gasteiger partial charge in [-0.1, -0.05) is 0 Å². The Kier molecular flexibility index (Phi) is 2.82. The van der Waals surface area contributed by atoms with Gasteiger partial charge >= 0.3 is 92.2 Å². The van der Waals surface area contributed by atoms with E-state index in [-0.39, 0.29) is 14.5 Å². The number of halogens is 1. The van der Waals surface area contributed by atoms with Crippen molar-refractivity contribution >= 4 is 31.3 Å². The Hall–Kier alpha value is -0.891. The predicted molar refractivity (Wildman–Crippen MR) is 56.8 cm³/mol. The number of aromatic nitrogens is 1. The Labute approximate surface area is 92.3 Å². The number of carbonyl (C=O) groups is 1. The summed E-state index contributed by atoms with van der Waals surface area (Å²) < 4.78 is 0.960. The summed E-state index contributed by atoms with van der Waals surface area (Å²) in [5.41, 5.74) is 1.45. The molecular formula is C10H6ClNOSe. The molecule has 0 aliphatic carbocycles. The average molecular weight is 271 g/mol. The number of hydrogen-bond donors (Lipinski definition) is 0. The van der Waals surface area contributed by atoms with Gasteiger partial charge in [-0.2, -0.15) is 0 Å². The molecule has 1 heterocycles. The summed E-state index contributed by atoms with van der Waals surface area (Å²) in [7, 11) is 0. The van der Waals surface area contributed by atoms with Crippen molar-refractivity contribution in [3.8, 4) is 10.1 Å². The van der Waals surface area contributed by atoms with E-state index in [0.29, 0.717) is 5.69 Å². The molecule has 1 aromatic heterocycles. The van der Waals surface area contributed by atoms with Gasteiger partial charge in [0.15, 0.2) is 0 Å². The molecule has 0 saturated carbocycles. The van der Waals surface area contributed by atoms with Gasteiger partial charge in [0.25, 0.3) is 0 Å². The molecule has 1 aromatic carbocycles. The minimum atomic E-state index is -0.474. The van der Waals surface area contributed by atoms with Crippen molar-refractivity contribution < 1.29 is 4.79 Å². The van der Waals surface area contributed by atoms with Gasteiger partial charge in [0, 0.05) is 0 Å². The Balaban J connectivity index is 2.39. The van der Waals surface area contributed by atoms with E-state index in [1.807, 2.05) is 35.3 Å². The van der Waals surface area contributed by atoms with Crippen molar-refractivity contribution in [1.29, 1.82) is 0 Å². The maximum atomic E-state index is 10.8. The summed E-state index contributed by atoms with van der Waals surface area (Å²) in [6.07, 6.45) is 0. The zero-order chi connectivity index (χ0) is 9.97.